The minimum absolute atomic E-state index is 0.263. The van der Waals surface area contributed by atoms with Gasteiger partial charge in [0, 0.05) is 29.9 Å². The predicted octanol–water partition coefficient (Wildman–Crippen LogP) is 3.28. The number of aromatic nitrogens is 1. The molecule has 3 aromatic rings. The van der Waals surface area contributed by atoms with Crippen LogP contribution in [0.3, 0.4) is 0 Å². The molecule has 0 fully saturated rings. The molecule has 1 aromatic heterocycles. The summed E-state index contributed by atoms with van der Waals surface area (Å²) in [5.41, 5.74) is 3.25. The molecule has 0 saturated carbocycles. The van der Waals surface area contributed by atoms with E-state index in [4.69, 9.17) is 4.74 Å². The highest BCUT2D eigenvalue weighted by Gasteiger charge is 2.29. The van der Waals surface area contributed by atoms with E-state index in [1.54, 1.807) is 0 Å². The maximum atomic E-state index is 12.1. The van der Waals surface area contributed by atoms with E-state index >= 15 is 0 Å². The summed E-state index contributed by atoms with van der Waals surface area (Å²) in [4.78, 5) is 19.8. The summed E-state index contributed by atoms with van der Waals surface area (Å²) in [6.07, 6.45) is 3.06. The molecule has 0 spiro atoms. The number of nitrogens with zero attached hydrogens (tertiary/aromatic N) is 1. The Bertz CT molecular complexity index is 881. The molecule has 1 aliphatic heterocycles. The van der Waals surface area contributed by atoms with E-state index < -0.39 is 6.04 Å². The second kappa shape index (κ2) is 5.72. The number of aromatic amines is 1. The van der Waals surface area contributed by atoms with Gasteiger partial charge in [0.05, 0.1) is 0 Å². The molecule has 23 heavy (non-hydrogen) atoms. The lowest BCUT2D eigenvalue weighted by atomic mass is 10.1. The van der Waals surface area contributed by atoms with E-state index in [0.717, 1.165) is 22.0 Å². The van der Waals surface area contributed by atoms with Crippen molar-refractivity contribution in [3.63, 3.8) is 0 Å². The third-order valence-corrected chi connectivity index (χ3v) is 4.08. The molecule has 114 valence electrons. The van der Waals surface area contributed by atoms with Gasteiger partial charge in [-0.3, -0.25) is 0 Å². The quantitative estimate of drug-likeness (QED) is 0.752. The summed E-state index contributed by atoms with van der Waals surface area (Å²) in [5.74, 6) is 0.243. The van der Waals surface area contributed by atoms with Crippen LogP contribution < -0.4 is 0 Å². The van der Waals surface area contributed by atoms with Gasteiger partial charge in [0.25, 0.3) is 0 Å². The monoisotopic (exact) mass is 304 g/mol. The molecule has 0 radical (unpaired) electrons. The van der Waals surface area contributed by atoms with Crippen molar-refractivity contribution in [2.75, 3.05) is 0 Å². The second-order valence-corrected chi connectivity index (χ2v) is 5.69. The van der Waals surface area contributed by atoms with E-state index in [1.807, 2.05) is 54.7 Å². The van der Waals surface area contributed by atoms with Crippen LogP contribution in [-0.2, 0) is 22.4 Å². The van der Waals surface area contributed by atoms with Crippen molar-refractivity contribution in [2.24, 2.45) is 4.99 Å². The summed E-state index contributed by atoms with van der Waals surface area (Å²) in [6, 6.07) is 17.5. The summed E-state index contributed by atoms with van der Waals surface area (Å²) < 4.78 is 5.34. The average molecular weight is 304 g/mol. The van der Waals surface area contributed by atoms with Crippen molar-refractivity contribution in [1.82, 2.24) is 4.98 Å². The summed E-state index contributed by atoms with van der Waals surface area (Å²) in [5, 5.41) is 1.13. The average Bonchev–Trinajstić information content (AvgIpc) is 3.13. The normalized spacial score (nSPS) is 17.3. The lowest BCUT2D eigenvalue weighted by Gasteiger charge is -2.02. The van der Waals surface area contributed by atoms with Crippen LogP contribution in [0.1, 0.15) is 11.1 Å². The number of rotatable bonds is 4. The van der Waals surface area contributed by atoms with Crippen LogP contribution in [-0.4, -0.2) is 22.9 Å². The first-order valence-electron chi connectivity index (χ1n) is 7.67. The number of aliphatic imine (C=N–C) groups is 1. The van der Waals surface area contributed by atoms with E-state index in [2.05, 4.69) is 16.0 Å². The van der Waals surface area contributed by atoms with Gasteiger partial charge in [-0.2, -0.15) is 0 Å². The summed E-state index contributed by atoms with van der Waals surface area (Å²) >= 11 is 0. The number of cyclic esters (lactones) is 1. The van der Waals surface area contributed by atoms with Crippen molar-refractivity contribution in [3.05, 3.63) is 71.9 Å². The first-order valence-corrected chi connectivity index (χ1v) is 7.67. The fourth-order valence-corrected chi connectivity index (χ4v) is 2.93. The molecular formula is C19H16N2O2. The maximum Gasteiger partial charge on any atom is 0.337 e. The molecule has 1 N–H and O–H groups in total. The van der Waals surface area contributed by atoms with Gasteiger partial charge in [0.15, 0.2) is 11.9 Å². The minimum atomic E-state index is -0.451. The Labute approximate surface area is 133 Å². The summed E-state index contributed by atoms with van der Waals surface area (Å²) in [6.45, 7) is 0. The highest BCUT2D eigenvalue weighted by atomic mass is 16.6. The highest BCUT2D eigenvalue weighted by Crippen LogP contribution is 2.22. The van der Waals surface area contributed by atoms with Gasteiger partial charge < -0.3 is 9.72 Å². The number of esters is 1. The summed E-state index contributed by atoms with van der Waals surface area (Å²) in [7, 11) is 0. The molecular weight excluding hydrogens is 288 g/mol. The van der Waals surface area contributed by atoms with Gasteiger partial charge in [0.1, 0.15) is 0 Å². The molecule has 0 saturated heterocycles. The Morgan fingerprint density at radius 3 is 2.70 bits per heavy atom. The molecule has 0 aliphatic carbocycles. The fourth-order valence-electron chi connectivity index (χ4n) is 2.93. The van der Waals surface area contributed by atoms with E-state index in [1.165, 1.54) is 0 Å². The van der Waals surface area contributed by atoms with E-state index in [9.17, 15) is 4.79 Å². The number of ether oxygens (including phenoxy) is 1. The van der Waals surface area contributed by atoms with Gasteiger partial charge in [-0.1, -0.05) is 48.5 Å². The number of para-hydroxylation sites is 1. The van der Waals surface area contributed by atoms with Crippen LogP contribution in [0.5, 0.6) is 0 Å². The van der Waals surface area contributed by atoms with Gasteiger partial charge in [-0.25, -0.2) is 9.79 Å². The zero-order valence-corrected chi connectivity index (χ0v) is 12.5. The third-order valence-electron chi connectivity index (χ3n) is 4.08. The Kier molecular flexibility index (Phi) is 3.42. The van der Waals surface area contributed by atoms with Crippen molar-refractivity contribution < 1.29 is 9.53 Å². The largest absolute Gasteiger partial charge is 0.410 e. The third kappa shape index (κ3) is 2.75. The Hall–Kier alpha value is -2.88. The molecule has 4 rings (SSSR count). The van der Waals surface area contributed by atoms with Gasteiger partial charge in [-0.15, -0.1) is 0 Å². The first kappa shape index (κ1) is 13.8. The van der Waals surface area contributed by atoms with Crippen molar-refractivity contribution >= 4 is 22.8 Å². The zero-order valence-electron chi connectivity index (χ0n) is 12.5. The van der Waals surface area contributed by atoms with E-state index in [0.29, 0.717) is 18.7 Å². The Balaban J connectivity index is 1.54. The van der Waals surface area contributed by atoms with Crippen LogP contribution in [0.15, 0.2) is 65.8 Å². The molecule has 1 atom stereocenters. The number of carbonyl (C=O) groups is 1. The number of hydrogen-bond acceptors (Lipinski definition) is 3. The van der Waals surface area contributed by atoms with Crippen molar-refractivity contribution in [3.8, 4) is 0 Å². The minimum Gasteiger partial charge on any atom is -0.410 e. The van der Waals surface area contributed by atoms with Crippen LogP contribution in [0, 0.1) is 0 Å². The van der Waals surface area contributed by atoms with Crippen LogP contribution in [0.25, 0.3) is 10.9 Å². The number of benzene rings is 2. The lowest BCUT2D eigenvalue weighted by Crippen LogP contribution is -2.17. The number of H-pyrrole nitrogens is 1. The van der Waals surface area contributed by atoms with Crippen molar-refractivity contribution in [1.29, 1.82) is 0 Å². The van der Waals surface area contributed by atoms with Crippen molar-refractivity contribution in [2.45, 2.75) is 18.9 Å². The SMILES string of the molecule is O=C1OC(Cc2ccccc2)=NC1Cc1c[nH]c2ccccc12. The van der Waals surface area contributed by atoms with Gasteiger partial charge in [-0.05, 0) is 17.2 Å². The second-order valence-electron chi connectivity index (χ2n) is 5.69. The molecule has 4 heteroatoms. The number of fused-ring (bicyclic) bond motifs is 1. The lowest BCUT2D eigenvalue weighted by molar-refractivity contribution is -0.135. The maximum absolute atomic E-state index is 12.1. The Morgan fingerprint density at radius 1 is 1.04 bits per heavy atom. The molecule has 0 bridgehead atoms. The first-order chi connectivity index (χ1) is 11.3. The van der Waals surface area contributed by atoms with Crippen LogP contribution in [0.4, 0.5) is 0 Å². The van der Waals surface area contributed by atoms with E-state index in [-0.39, 0.29) is 5.97 Å². The number of hydrogen-bond donors (Lipinski definition) is 1. The topological polar surface area (TPSA) is 54.4 Å². The highest BCUT2D eigenvalue weighted by molar-refractivity contribution is 5.98. The van der Waals surface area contributed by atoms with Gasteiger partial charge >= 0.3 is 5.97 Å². The van der Waals surface area contributed by atoms with Gasteiger partial charge in [0.2, 0.25) is 0 Å². The molecule has 2 aromatic carbocycles. The zero-order chi connectivity index (χ0) is 15.6. The predicted molar refractivity (Wildman–Crippen MR) is 89.5 cm³/mol. The molecule has 4 nitrogen and oxygen atoms in total. The molecule has 1 aliphatic rings. The van der Waals surface area contributed by atoms with Crippen LogP contribution in [0.2, 0.25) is 0 Å². The smallest absolute Gasteiger partial charge is 0.337 e. The molecule has 2 heterocycles. The molecule has 0 amide bonds. The fraction of sp³-hybridized carbons (Fsp3) is 0.158. The van der Waals surface area contributed by atoms with Crippen LogP contribution >= 0.6 is 0 Å². The Morgan fingerprint density at radius 2 is 1.83 bits per heavy atom. The number of nitrogens with one attached hydrogen (secondary N) is 1. The standard InChI is InChI=1S/C19H16N2O2/c22-19-17(11-14-12-20-16-9-5-4-8-15(14)16)21-18(23-19)10-13-6-2-1-3-7-13/h1-9,12,17,20H,10-11H2. The molecule has 1 unspecified atom stereocenters. The number of carbonyl (C=O) groups excluding carboxylic acids is 1.